The first-order chi connectivity index (χ1) is 10.6. The Kier molecular flexibility index (Phi) is 2.89. The van der Waals surface area contributed by atoms with Crippen molar-refractivity contribution in [1.82, 2.24) is 0 Å². The van der Waals surface area contributed by atoms with Crippen molar-refractivity contribution in [2.45, 2.75) is 13.8 Å². The molecule has 0 bridgehead atoms. The number of hydrogen-bond acceptors (Lipinski definition) is 1. The maximum absolute atomic E-state index is 14.2. The Morgan fingerprint density at radius 3 is 1.68 bits per heavy atom. The highest BCUT2D eigenvalue weighted by molar-refractivity contribution is 7.86. The highest BCUT2D eigenvalue weighted by Gasteiger charge is 2.39. The smallest absolute Gasteiger partial charge is 0.172 e. The van der Waals surface area contributed by atoms with Gasteiger partial charge in [-0.1, -0.05) is 65.7 Å². The lowest BCUT2D eigenvalue weighted by atomic mass is 10.0. The molecule has 0 aliphatic carbocycles. The zero-order chi connectivity index (χ0) is 15.3. The molecule has 0 saturated carbocycles. The molecule has 2 heteroatoms. The Morgan fingerprint density at radius 2 is 1.18 bits per heavy atom. The van der Waals surface area contributed by atoms with E-state index in [2.05, 4.69) is 50.2 Å². The third-order valence-electron chi connectivity index (χ3n) is 4.39. The monoisotopic (exact) mass is 304 g/mol. The van der Waals surface area contributed by atoms with Crippen molar-refractivity contribution >= 4 is 23.1 Å². The van der Waals surface area contributed by atoms with Gasteiger partial charge in [0.2, 0.25) is 0 Å². The highest BCUT2D eigenvalue weighted by Crippen LogP contribution is 2.52. The van der Waals surface area contributed by atoms with Crippen molar-refractivity contribution in [3.63, 3.8) is 0 Å². The fourth-order valence-corrected chi connectivity index (χ4v) is 6.55. The van der Waals surface area contributed by atoms with E-state index in [9.17, 15) is 4.57 Å². The summed E-state index contributed by atoms with van der Waals surface area (Å²) in [5, 5.41) is 2.89. The molecule has 0 aromatic heterocycles. The van der Waals surface area contributed by atoms with Gasteiger partial charge in [0.25, 0.3) is 0 Å². The normalized spacial score (nSPS) is 14.5. The van der Waals surface area contributed by atoms with Crippen LogP contribution in [0.5, 0.6) is 0 Å². The van der Waals surface area contributed by atoms with Crippen molar-refractivity contribution < 1.29 is 4.57 Å². The molecule has 3 aromatic carbocycles. The van der Waals surface area contributed by atoms with Crippen LogP contribution in [0.1, 0.15) is 11.1 Å². The molecule has 1 aliphatic heterocycles. The maximum Gasteiger partial charge on any atom is 0.172 e. The quantitative estimate of drug-likeness (QED) is 0.487. The average Bonchev–Trinajstić information content (AvgIpc) is 2.78. The van der Waals surface area contributed by atoms with Crippen LogP contribution in [-0.4, -0.2) is 0 Å². The van der Waals surface area contributed by atoms with Gasteiger partial charge in [0.1, 0.15) is 0 Å². The number of rotatable bonds is 1. The lowest BCUT2D eigenvalue weighted by Crippen LogP contribution is -2.21. The van der Waals surface area contributed by atoms with Gasteiger partial charge < -0.3 is 4.57 Å². The summed E-state index contributed by atoms with van der Waals surface area (Å²) < 4.78 is 14.2. The van der Waals surface area contributed by atoms with Gasteiger partial charge in [-0.3, -0.25) is 0 Å². The number of hydrogen-bond donors (Lipinski definition) is 0. The molecule has 22 heavy (non-hydrogen) atoms. The highest BCUT2D eigenvalue weighted by atomic mass is 31.2. The summed E-state index contributed by atoms with van der Waals surface area (Å²) in [6, 6.07) is 22.5. The minimum atomic E-state index is -2.76. The Hall–Kier alpha value is -2.11. The lowest BCUT2D eigenvalue weighted by Gasteiger charge is -2.16. The first kappa shape index (κ1) is 13.5. The van der Waals surface area contributed by atoms with Crippen LogP contribution < -0.4 is 15.9 Å². The van der Waals surface area contributed by atoms with Crippen molar-refractivity contribution in [3.8, 4) is 11.1 Å². The summed E-state index contributed by atoms with van der Waals surface area (Å²) in [4.78, 5) is 0. The van der Waals surface area contributed by atoms with E-state index in [-0.39, 0.29) is 0 Å². The predicted molar refractivity (Wildman–Crippen MR) is 94.3 cm³/mol. The molecule has 4 rings (SSSR count). The van der Waals surface area contributed by atoms with E-state index < -0.39 is 7.14 Å². The summed E-state index contributed by atoms with van der Waals surface area (Å²) in [5.74, 6) is 0. The molecule has 1 aliphatic rings. The summed E-state index contributed by atoms with van der Waals surface area (Å²) in [7, 11) is -2.76. The van der Waals surface area contributed by atoms with Crippen LogP contribution >= 0.6 is 7.14 Å². The second kappa shape index (κ2) is 4.69. The van der Waals surface area contributed by atoms with Crippen molar-refractivity contribution in [1.29, 1.82) is 0 Å². The minimum absolute atomic E-state index is 0.922. The van der Waals surface area contributed by atoms with Crippen LogP contribution in [0.3, 0.4) is 0 Å². The van der Waals surface area contributed by atoms with E-state index in [0.29, 0.717) is 0 Å². The number of aryl methyl sites for hydroxylation is 2. The third kappa shape index (κ3) is 1.76. The molecule has 0 fully saturated rings. The van der Waals surface area contributed by atoms with Crippen LogP contribution in [0.2, 0.25) is 0 Å². The molecule has 0 N–H and O–H groups in total. The molecule has 0 saturated heterocycles. The van der Waals surface area contributed by atoms with Gasteiger partial charge in [0, 0.05) is 15.9 Å². The zero-order valence-electron chi connectivity index (χ0n) is 12.7. The molecule has 0 radical (unpaired) electrons. The van der Waals surface area contributed by atoms with Crippen LogP contribution in [-0.2, 0) is 4.57 Å². The standard InChI is InChI=1S/C20H17OP/c1-14-8-10-17-18-11-9-15(2)13-20(18)22(21,19(17)12-14)16-6-4-3-5-7-16/h3-13H,1-2H3. The average molecular weight is 304 g/mol. The van der Waals surface area contributed by atoms with Gasteiger partial charge in [-0.25, -0.2) is 0 Å². The van der Waals surface area contributed by atoms with Crippen LogP contribution in [0.25, 0.3) is 11.1 Å². The Labute approximate surface area is 131 Å². The van der Waals surface area contributed by atoms with Crippen molar-refractivity contribution in [2.24, 2.45) is 0 Å². The maximum atomic E-state index is 14.2. The molecule has 108 valence electrons. The number of fused-ring (bicyclic) bond motifs is 3. The molecular formula is C20H17OP. The van der Waals surface area contributed by atoms with Crippen molar-refractivity contribution in [2.75, 3.05) is 0 Å². The summed E-state index contributed by atoms with van der Waals surface area (Å²) in [5.41, 5.74) is 4.54. The van der Waals surface area contributed by atoms with E-state index >= 15 is 0 Å². The molecule has 3 aromatic rings. The largest absolute Gasteiger partial charge is 0.309 e. The molecule has 1 nitrogen and oxygen atoms in total. The summed E-state index contributed by atoms with van der Waals surface area (Å²) in [6.07, 6.45) is 0. The van der Waals surface area contributed by atoms with E-state index in [1.807, 2.05) is 30.3 Å². The molecule has 1 heterocycles. The van der Waals surface area contributed by atoms with Crippen LogP contribution in [0, 0.1) is 13.8 Å². The molecular weight excluding hydrogens is 287 g/mol. The SMILES string of the molecule is Cc1ccc2c(c1)P(=O)(c1ccccc1)c1cc(C)ccc1-2. The van der Waals surface area contributed by atoms with Gasteiger partial charge >= 0.3 is 0 Å². The Bertz CT molecular complexity index is 870. The van der Waals surface area contributed by atoms with Crippen LogP contribution in [0.4, 0.5) is 0 Å². The lowest BCUT2D eigenvalue weighted by molar-refractivity contribution is 0.593. The van der Waals surface area contributed by atoms with Crippen molar-refractivity contribution in [3.05, 3.63) is 77.9 Å². The van der Waals surface area contributed by atoms with Gasteiger partial charge in [-0.15, -0.1) is 0 Å². The molecule has 0 amide bonds. The third-order valence-corrected chi connectivity index (χ3v) is 7.52. The summed E-state index contributed by atoms with van der Waals surface area (Å²) in [6.45, 7) is 4.12. The van der Waals surface area contributed by atoms with Gasteiger partial charge in [-0.2, -0.15) is 0 Å². The molecule has 0 unspecified atom stereocenters. The Morgan fingerprint density at radius 1 is 0.682 bits per heavy atom. The Balaban J connectivity index is 2.14. The topological polar surface area (TPSA) is 17.1 Å². The number of benzene rings is 3. The minimum Gasteiger partial charge on any atom is -0.309 e. The van der Waals surface area contributed by atoms with E-state index in [0.717, 1.165) is 38.2 Å². The molecule has 0 spiro atoms. The zero-order valence-corrected chi connectivity index (χ0v) is 13.6. The van der Waals surface area contributed by atoms with Gasteiger partial charge in [-0.05, 0) is 37.1 Å². The first-order valence-electron chi connectivity index (χ1n) is 7.49. The molecule has 0 atom stereocenters. The summed E-state index contributed by atoms with van der Waals surface area (Å²) >= 11 is 0. The fraction of sp³-hybridized carbons (Fsp3) is 0.100. The van der Waals surface area contributed by atoms with E-state index in [4.69, 9.17) is 0 Å². The predicted octanol–water partition coefficient (Wildman–Crippen LogP) is 3.92. The van der Waals surface area contributed by atoms with Gasteiger partial charge in [0.05, 0.1) is 0 Å². The van der Waals surface area contributed by atoms with E-state index in [1.165, 1.54) is 0 Å². The second-order valence-electron chi connectivity index (χ2n) is 5.99. The van der Waals surface area contributed by atoms with E-state index in [1.54, 1.807) is 0 Å². The van der Waals surface area contributed by atoms with Crippen LogP contribution in [0.15, 0.2) is 66.7 Å². The fourth-order valence-electron chi connectivity index (χ4n) is 3.31. The first-order valence-corrected chi connectivity index (χ1v) is 9.20. The second-order valence-corrected chi connectivity index (χ2v) is 8.68. The van der Waals surface area contributed by atoms with Gasteiger partial charge in [0.15, 0.2) is 7.14 Å².